The standard InChI is InChI=1S/C10H12/c1-10(2)7-6-8-4-3-5-9(8)10/h3-5,7H,6H2,1-2H3/q-2. The van der Waals surface area contributed by atoms with Crippen LogP contribution in [0.25, 0.3) is 0 Å². The molecule has 0 amide bonds. The van der Waals surface area contributed by atoms with Crippen LogP contribution in [0, 0.1) is 6.42 Å². The van der Waals surface area contributed by atoms with Gasteiger partial charge in [0, 0.05) is 0 Å². The van der Waals surface area contributed by atoms with Crippen molar-refractivity contribution in [3.8, 4) is 0 Å². The Kier molecular flexibility index (Phi) is 1.03. The fraction of sp³-hybridized carbons (Fsp3) is 0.400. The summed E-state index contributed by atoms with van der Waals surface area (Å²) in [5.41, 5.74) is 3.37. The Bertz CT molecular complexity index is 240. The van der Waals surface area contributed by atoms with E-state index in [1.807, 2.05) is 0 Å². The molecule has 0 unspecified atom stereocenters. The van der Waals surface area contributed by atoms with Crippen LogP contribution in [0.1, 0.15) is 25.0 Å². The summed E-state index contributed by atoms with van der Waals surface area (Å²) in [4.78, 5) is 0. The SMILES string of the molecule is CC1(C)[CH-]Cc2cc[cH-]c21. The molecule has 1 aliphatic carbocycles. The number of rotatable bonds is 0. The lowest BCUT2D eigenvalue weighted by molar-refractivity contribution is 0.637. The van der Waals surface area contributed by atoms with Crippen molar-refractivity contribution in [2.24, 2.45) is 0 Å². The molecule has 1 aromatic carbocycles. The zero-order valence-corrected chi connectivity index (χ0v) is 6.52. The molecule has 0 saturated carbocycles. The van der Waals surface area contributed by atoms with E-state index in [0.717, 1.165) is 6.42 Å². The Morgan fingerprint density at radius 2 is 2.30 bits per heavy atom. The van der Waals surface area contributed by atoms with E-state index in [2.05, 4.69) is 38.5 Å². The van der Waals surface area contributed by atoms with E-state index in [0.29, 0.717) is 5.41 Å². The first-order valence-electron chi connectivity index (χ1n) is 3.79. The summed E-state index contributed by atoms with van der Waals surface area (Å²) in [7, 11) is 0. The van der Waals surface area contributed by atoms with Gasteiger partial charge in [-0.05, 0) is 0 Å². The molecule has 54 valence electrons. The first-order chi connectivity index (χ1) is 4.70. The van der Waals surface area contributed by atoms with Crippen molar-refractivity contribution < 1.29 is 0 Å². The highest BCUT2D eigenvalue weighted by molar-refractivity contribution is 5.43. The van der Waals surface area contributed by atoms with E-state index in [-0.39, 0.29) is 0 Å². The topological polar surface area (TPSA) is 0 Å². The zero-order valence-electron chi connectivity index (χ0n) is 6.52. The minimum Gasteiger partial charge on any atom is -0.329 e. The zero-order chi connectivity index (χ0) is 7.19. The fourth-order valence-corrected chi connectivity index (χ4v) is 1.74. The van der Waals surface area contributed by atoms with E-state index in [4.69, 9.17) is 0 Å². The van der Waals surface area contributed by atoms with Crippen LogP contribution < -0.4 is 0 Å². The second-order valence-corrected chi connectivity index (χ2v) is 3.59. The fourth-order valence-electron chi connectivity index (χ4n) is 1.74. The molecule has 0 heterocycles. The molecule has 0 fully saturated rings. The Morgan fingerprint density at radius 3 is 3.00 bits per heavy atom. The molecular formula is C10H12-2. The molecule has 10 heavy (non-hydrogen) atoms. The van der Waals surface area contributed by atoms with Gasteiger partial charge in [-0.15, -0.1) is 0 Å². The van der Waals surface area contributed by atoms with Gasteiger partial charge >= 0.3 is 0 Å². The van der Waals surface area contributed by atoms with Crippen LogP contribution in [0.2, 0.25) is 0 Å². The summed E-state index contributed by atoms with van der Waals surface area (Å²) in [5.74, 6) is 0. The quantitative estimate of drug-likeness (QED) is 0.476. The third-order valence-electron chi connectivity index (χ3n) is 2.43. The van der Waals surface area contributed by atoms with E-state index in [9.17, 15) is 0 Å². The van der Waals surface area contributed by atoms with E-state index in [1.54, 1.807) is 0 Å². The van der Waals surface area contributed by atoms with Crippen molar-refractivity contribution in [1.29, 1.82) is 0 Å². The third-order valence-corrected chi connectivity index (χ3v) is 2.43. The van der Waals surface area contributed by atoms with Gasteiger partial charge in [0.2, 0.25) is 0 Å². The Morgan fingerprint density at radius 1 is 1.50 bits per heavy atom. The Balaban J connectivity index is 2.54. The maximum Gasteiger partial charge on any atom is -0.0854 e. The van der Waals surface area contributed by atoms with E-state index in [1.165, 1.54) is 11.1 Å². The van der Waals surface area contributed by atoms with Gasteiger partial charge in [0.05, 0.1) is 0 Å². The number of fused-ring (bicyclic) bond motifs is 1. The first kappa shape index (κ1) is 6.09. The molecule has 0 spiro atoms. The lowest BCUT2D eigenvalue weighted by Gasteiger charge is -2.31. The van der Waals surface area contributed by atoms with Gasteiger partial charge in [0.25, 0.3) is 0 Å². The maximum atomic E-state index is 2.39. The number of hydrogen-bond acceptors (Lipinski definition) is 0. The van der Waals surface area contributed by atoms with Crippen LogP contribution in [-0.2, 0) is 11.8 Å². The number of hydrogen-bond donors (Lipinski definition) is 0. The van der Waals surface area contributed by atoms with Crippen molar-refractivity contribution in [3.05, 3.63) is 35.7 Å². The van der Waals surface area contributed by atoms with Crippen LogP contribution in [0.3, 0.4) is 0 Å². The smallest absolute Gasteiger partial charge is 0.0854 e. The van der Waals surface area contributed by atoms with Crippen LogP contribution in [0.5, 0.6) is 0 Å². The van der Waals surface area contributed by atoms with Gasteiger partial charge in [0.15, 0.2) is 0 Å². The lowest BCUT2D eigenvalue weighted by Crippen LogP contribution is -2.11. The monoisotopic (exact) mass is 132 g/mol. The van der Waals surface area contributed by atoms with E-state index < -0.39 is 0 Å². The van der Waals surface area contributed by atoms with Crippen LogP contribution >= 0.6 is 0 Å². The minimum absolute atomic E-state index is 0.332. The molecule has 0 saturated heterocycles. The maximum absolute atomic E-state index is 2.39. The molecule has 0 nitrogen and oxygen atoms in total. The van der Waals surface area contributed by atoms with Crippen molar-refractivity contribution in [1.82, 2.24) is 0 Å². The van der Waals surface area contributed by atoms with Crippen molar-refractivity contribution in [2.45, 2.75) is 25.7 Å². The van der Waals surface area contributed by atoms with Gasteiger partial charge in [0.1, 0.15) is 0 Å². The van der Waals surface area contributed by atoms with Crippen molar-refractivity contribution >= 4 is 0 Å². The second kappa shape index (κ2) is 1.69. The molecule has 0 radical (unpaired) electrons. The van der Waals surface area contributed by atoms with Crippen LogP contribution in [-0.4, -0.2) is 0 Å². The van der Waals surface area contributed by atoms with Crippen LogP contribution in [0.4, 0.5) is 0 Å². The molecule has 0 heteroatoms. The largest absolute Gasteiger partial charge is 0.329 e. The Labute approximate surface area is 62.2 Å². The summed E-state index contributed by atoms with van der Waals surface area (Å²) in [6.45, 7) is 4.55. The molecule has 0 atom stereocenters. The minimum atomic E-state index is 0.332. The highest BCUT2D eigenvalue weighted by Crippen LogP contribution is 2.37. The van der Waals surface area contributed by atoms with Crippen LogP contribution in [0.15, 0.2) is 18.2 Å². The average molecular weight is 132 g/mol. The molecule has 0 aliphatic heterocycles. The van der Waals surface area contributed by atoms with Gasteiger partial charge in [-0.2, -0.15) is 23.1 Å². The normalized spacial score (nSPS) is 21.0. The molecule has 2 rings (SSSR count). The van der Waals surface area contributed by atoms with E-state index >= 15 is 0 Å². The summed E-state index contributed by atoms with van der Waals surface area (Å²) >= 11 is 0. The molecular weight excluding hydrogens is 120 g/mol. The lowest BCUT2D eigenvalue weighted by atomic mass is 9.88. The average Bonchev–Trinajstić information content (AvgIpc) is 2.36. The van der Waals surface area contributed by atoms with Crippen molar-refractivity contribution in [2.75, 3.05) is 0 Å². The molecule has 1 aromatic rings. The highest BCUT2D eigenvalue weighted by atomic mass is 14.3. The second-order valence-electron chi connectivity index (χ2n) is 3.59. The highest BCUT2D eigenvalue weighted by Gasteiger charge is 2.13. The van der Waals surface area contributed by atoms with Gasteiger partial charge in [-0.25, -0.2) is 18.1 Å². The predicted molar refractivity (Wildman–Crippen MR) is 43.1 cm³/mol. The third kappa shape index (κ3) is 0.650. The first-order valence-corrected chi connectivity index (χ1v) is 3.79. The van der Waals surface area contributed by atoms with Gasteiger partial charge < -0.3 is 6.42 Å². The Hall–Kier alpha value is -0.650. The summed E-state index contributed by atoms with van der Waals surface area (Å²) < 4.78 is 0. The molecule has 0 bridgehead atoms. The molecule has 1 aliphatic rings. The van der Waals surface area contributed by atoms with Gasteiger partial charge in [-0.1, -0.05) is 13.8 Å². The van der Waals surface area contributed by atoms with Crippen molar-refractivity contribution in [3.63, 3.8) is 0 Å². The summed E-state index contributed by atoms with van der Waals surface area (Å²) in [6, 6.07) is 6.61. The molecule has 0 aromatic heterocycles. The predicted octanol–water partition coefficient (Wildman–Crippen LogP) is 2.44. The molecule has 0 N–H and O–H groups in total. The summed E-state index contributed by atoms with van der Waals surface area (Å²) in [6.07, 6.45) is 3.55. The summed E-state index contributed by atoms with van der Waals surface area (Å²) in [5, 5.41) is 0. The van der Waals surface area contributed by atoms with Gasteiger partial charge in [-0.3, -0.25) is 0 Å².